The summed E-state index contributed by atoms with van der Waals surface area (Å²) in [4.78, 5) is 14.5. The highest BCUT2D eigenvalue weighted by atomic mass is 16.5. The largest absolute Gasteiger partial charge is 0.381 e. The molecule has 108 valence electrons. The molecular formula is C16H22N2O2. The molecule has 4 heteroatoms. The van der Waals surface area contributed by atoms with Crippen LogP contribution >= 0.6 is 0 Å². The molecule has 2 fully saturated rings. The molecule has 2 heterocycles. The first-order valence-corrected chi connectivity index (χ1v) is 7.42. The average molecular weight is 274 g/mol. The summed E-state index contributed by atoms with van der Waals surface area (Å²) < 4.78 is 5.40. The SMILES string of the molecule is CC1NC(Cc2ccccc2)C(=O)N1CC1CCOC1. The van der Waals surface area contributed by atoms with Gasteiger partial charge in [-0.05, 0) is 25.3 Å². The van der Waals surface area contributed by atoms with Crippen LogP contribution < -0.4 is 5.32 Å². The lowest BCUT2D eigenvalue weighted by Crippen LogP contribution is -2.38. The summed E-state index contributed by atoms with van der Waals surface area (Å²) in [5.74, 6) is 0.729. The van der Waals surface area contributed by atoms with Crippen LogP contribution in [0.15, 0.2) is 30.3 Å². The molecule has 0 bridgehead atoms. The fourth-order valence-corrected chi connectivity index (χ4v) is 3.09. The van der Waals surface area contributed by atoms with Gasteiger partial charge in [-0.15, -0.1) is 0 Å². The summed E-state index contributed by atoms with van der Waals surface area (Å²) in [6, 6.07) is 10.1. The highest BCUT2D eigenvalue weighted by Gasteiger charge is 2.37. The molecular weight excluding hydrogens is 252 g/mol. The Morgan fingerprint density at radius 3 is 2.85 bits per heavy atom. The molecule has 0 radical (unpaired) electrons. The Balaban J connectivity index is 1.62. The number of carbonyl (C=O) groups excluding carboxylic acids is 1. The molecule has 4 nitrogen and oxygen atoms in total. The van der Waals surface area contributed by atoms with Gasteiger partial charge in [0.15, 0.2) is 0 Å². The van der Waals surface area contributed by atoms with E-state index in [0.29, 0.717) is 5.92 Å². The zero-order valence-electron chi connectivity index (χ0n) is 11.9. The summed E-state index contributed by atoms with van der Waals surface area (Å²) in [7, 11) is 0. The molecule has 0 spiro atoms. The van der Waals surface area contributed by atoms with Crippen LogP contribution in [0, 0.1) is 5.92 Å². The van der Waals surface area contributed by atoms with Crippen molar-refractivity contribution in [1.29, 1.82) is 0 Å². The molecule has 1 aromatic carbocycles. The van der Waals surface area contributed by atoms with Crippen molar-refractivity contribution in [2.24, 2.45) is 5.92 Å². The third kappa shape index (κ3) is 2.86. The van der Waals surface area contributed by atoms with Gasteiger partial charge < -0.3 is 9.64 Å². The number of ether oxygens (including phenoxy) is 1. The topological polar surface area (TPSA) is 41.6 Å². The van der Waals surface area contributed by atoms with Crippen LogP contribution in [-0.4, -0.2) is 42.8 Å². The lowest BCUT2D eigenvalue weighted by atomic mass is 10.1. The van der Waals surface area contributed by atoms with E-state index < -0.39 is 0 Å². The number of hydrogen-bond donors (Lipinski definition) is 1. The minimum Gasteiger partial charge on any atom is -0.381 e. The van der Waals surface area contributed by atoms with E-state index in [1.165, 1.54) is 5.56 Å². The number of amides is 1. The molecule has 1 aromatic rings. The van der Waals surface area contributed by atoms with Gasteiger partial charge in [0.2, 0.25) is 5.91 Å². The fourth-order valence-electron chi connectivity index (χ4n) is 3.09. The van der Waals surface area contributed by atoms with Crippen LogP contribution in [0.4, 0.5) is 0 Å². The molecule has 20 heavy (non-hydrogen) atoms. The fraction of sp³-hybridized carbons (Fsp3) is 0.562. The highest BCUT2D eigenvalue weighted by Crippen LogP contribution is 2.20. The van der Waals surface area contributed by atoms with Crippen molar-refractivity contribution in [2.45, 2.75) is 32.0 Å². The Morgan fingerprint density at radius 2 is 2.15 bits per heavy atom. The van der Waals surface area contributed by atoms with Crippen LogP contribution in [0.25, 0.3) is 0 Å². The van der Waals surface area contributed by atoms with E-state index in [1.54, 1.807) is 0 Å². The van der Waals surface area contributed by atoms with Gasteiger partial charge in [0.25, 0.3) is 0 Å². The monoisotopic (exact) mass is 274 g/mol. The second-order valence-corrected chi connectivity index (χ2v) is 5.81. The van der Waals surface area contributed by atoms with Crippen molar-refractivity contribution >= 4 is 5.91 Å². The van der Waals surface area contributed by atoms with E-state index in [0.717, 1.165) is 32.6 Å². The van der Waals surface area contributed by atoms with Gasteiger partial charge >= 0.3 is 0 Å². The van der Waals surface area contributed by atoms with Gasteiger partial charge in [-0.2, -0.15) is 0 Å². The summed E-state index contributed by atoms with van der Waals surface area (Å²) in [6.45, 7) is 4.51. The van der Waals surface area contributed by atoms with Gasteiger partial charge in [-0.1, -0.05) is 30.3 Å². The number of hydrogen-bond acceptors (Lipinski definition) is 3. The Bertz CT molecular complexity index is 457. The third-order valence-electron chi connectivity index (χ3n) is 4.25. The first-order chi connectivity index (χ1) is 9.74. The average Bonchev–Trinajstić information content (AvgIpc) is 3.05. The number of benzene rings is 1. The Kier molecular flexibility index (Phi) is 4.03. The normalized spacial score (nSPS) is 30.1. The Hall–Kier alpha value is -1.39. The van der Waals surface area contributed by atoms with Gasteiger partial charge in [-0.25, -0.2) is 0 Å². The second-order valence-electron chi connectivity index (χ2n) is 5.81. The molecule has 1 N–H and O–H groups in total. The third-order valence-corrected chi connectivity index (χ3v) is 4.25. The molecule has 3 unspecified atom stereocenters. The molecule has 0 saturated carbocycles. The van der Waals surface area contributed by atoms with Crippen molar-refractivity contribution in [2.75, 3.05) is 19.8 Å². The lowest BCUT2D eigenvalue weighted by molar-refractivity contribution is -0.130. The van der Waals surface area contributed by atoms with E-state index in [4.69, 9.17) is 4.74 Å². The summed E-state index contributed by atoms with van der Waals surface area (Å²) >= 11 is 0. The van der Waals surface area contributed by atoms with E-state index in [9.17, 15) is 4.79 Å². The zero-order valence-corrected chi connectivity index (χ0v) is 11.9. The van der Waals surface area contributed by atoms with Gasteiger partial charge in [-0.3, -0.25) is 10.1 Å². The molecule has 0 aliphatic carbocycles. The zero-order chi connectivity index (χ0) is 13.9. The van der Waals surface area contributed by atoms with Crippen molar-refractivity contribution < 1.29 is 9.53 Å². The van der Waals surface area contributed by atoms with E-state index >= 15 is 0 Å². The smallest absolute Gasteiger partial charge is 0.241 e. The van der Waals surface area contributed by atoms with Crippen LogP contribution in [0.3, 0.4) is 0 Å². The van der Waals surface area contributed by atoms with Crippen molar-refractivity contribution in [3.63, 3.8) is 0 Å². The molecule has 2 saturated heterocycles. The number of carbonyl (C=O) groups is 1. The molecule has 3 rings (SSSR count). The molecule has 2 aliphatic heterocycles. The van der Waals surface area contributed by atoms with Crippen LogP contribution in [-0.2, 0) is 16.0 Å². The lowest BCUT2D eigenvalue weighted by Gasteiger charge is -2.23. The molecule has 0 aromatic heterocycles. The predicted octanol–water partition coefficient (Wildman–Crippen LogP) is 1.41. The molecule has 3 atom stereocenters. The molecule has 1 amide bonds. The van der Waals surface area contributed by atoms with Gasteiger partial charge in [0.05, 0.1) is 18.8 Å². The van der Waals surface area contributed by atoms with Gasteiger partial charge in [0, 0.05) is 19.1 Å². The van der Waals surface area contributed by atoms with Crippen LogP contribution in [0.2, 0.25) is 0 Å². The maximum absolute atomic E-state index is 12.5. The second kappa shape index (κ2) is 5.94. The van der Waals surface area contributed by atoms with Gasteiger partial charge in [0.1, 0.15) is 0 Å². The number of rotatable bonds is 4. The van der Waals surface area contributed by atoms with E-state index in [1.807, 2.05) is 23.1 Å². The summed E-state index contributed by atoms with van der Waals surface area (Å²) in [5.41, 5.74) is 1.21. The summed E-state index contributed by atoms with van der Waals surface area (Å²) in [6.07, 6.45) is 1.96. The minimum absolute atomic E-state index is 0.0882. The quantitative estimate of drug-likeness (QED) is 0.902. The summed E-state index contributed by atoms with van der Waals surface area (Å²) in [5, 5.41) is 3.41. The van der Waals surface area contributed by atoms with Crippen molar-refractivity contribution in [1.82, 2.24) is 10.2 Å². The van der Waals surface area contributed by atoms with Crippen molar-refractivity contribution in [3.8, 4) is 0 Å². The maximum atomic E-state index is 12.5. The van der Waals surface area contributed by atoms with Crippen molar-refractivity contribution in [3.05, 3.63) is 35.9 Å². The van der Waals surface area contributed by atoms with Crippen LogP contribution in [0.5, 0.6) is 0 Å². The predicted molar refractivity (Wildman–Crippen MR) is 77.2 cm³/mol. The maximum Gasteiger partial charge on any atom is 0.241 e. The Morgan fingerprint density at radius 1 is 1.35 bits per heavy atom. The first-order valence-electron chi connectivity index (χ1n) is 7.42. The van der Waals surface area contributed by atoms with E-state index in [-0.39, 0.29) is 18.1 Å². The first kappa shape index (κ1) is 13.6. The highest BCUT2D eigenvalue weighted by molar-refractivity contribution is 5.84. The van der Waals surface area contributed by atoms with Crippen LogP contribution in [0.1, 0.15) is 18.9 Å². The Labute approximate surface area is 120 Å². The number of nitrogens with one attached hydrogen (secondary N) is 1. The minimum atomic E-state index is -0.0882. The van der Waals surface area contributed by atoms with E-state index in [2.05, 4.69) is 24.4 Å². The number of nitrogens with zero attached hydrogens (tertiary/aromatic N) is 1. The molecule has 2 aliphatic rings. The standard InChI is InChI=1S/C16H22N2O2/c1-12-17-15(9-13-5-3-2-4-6-13)16(19)18(12)10-14-7-8-20-11-14/h2-6,12,14-15,17H,7-11H2,1H3.